The van der Waals surface area contributed by atoms with Gasteiger partial charge < -0.3 is 10.7 Å². The van der Waals surface area contributed by atoms with Crippen LogP contribution in [0.5, 0.6) is 0 Å². The molecule has 0 atom stereocenters. The van der Waals surface area contributed by atoms with E-state index < -0.39 is 0 Å². The summed E-state index contributed by atoms with van der Waals surface area (Å²) in [5, 5.41) is 3.37. The molecule has 0 spiro atoms. The van der Waals surface area contributed by atoms with Crippen molar-refractivity contribution in [2.45, 2.75) is 0 Å². The van der Waals surface area contributed by atoms with Gasteiger partial charge in [0.15, 0.2) is 0 Å². The Bertz CT molecular complexity index is 689. The molecule has 3 rings (SSSR count). The van der Waals surface area contributed by atoms with Gasteiger partial charge in [0.1, 0.15) is 0 Å². The number of benzene rings is 3. The Kier molecular flexibility index (Phi) is 3.85. The lowest BCUT2D eigenvalue weighted by molar-refractivity contribution is 1.35. The van der Waals surface area contributed by atoms with Crippen LogP contribution < -0.4 is 16.6 Å². The van der Waals surface area contributed by atoms with E-state index in [-0.39, 0.29) is 0 Å². The van der Waals surface area contributed by atoms with Crippen LogP contribution in [0.25, 0.3) is 11.1 Å². The van der Waals surface area contributed by atoms with Crippen LogP contribution in [0, 0.1) is 0 Å². The maximum absolute atomic E-state index is 5.37. The first-order chi connectivity index (χ1) is 10.3. The lowest BCUT2D eigenvalue weighted by Gasteiger charge is -2.08. The van der Waals surface area contributed by atoms with Gasteiger partial charge in [-0.15, -0.1) is 0 Å². The number of hydrazine groups is 1. The highest BCUT2D eigenvalue weighted by Gasteiger charge is 1.99. The molecular weight excluding hydrogens is 258 g/mol. The average molecular weight is 275 g/mol. The summed E-state index contributed by atoms with van der Waals surface area (Å²) >= 11 is 0. The summed E-state index contributed by atoms with van der Waals surface area (Å²) in [5.74, 6) is 5.37. The smallest absolute Gasteiger partial charge is 0.0485 e. The zero-order valence-corrected chi connectivity index (χ0v) is 11.6. The van der Waals surface area contributed by atoms with E-state index in [1.54, 1.807) is 0 Å². The maximum atomic E-state index is 5.37. The largest absolute Gasteiger partial charge is 0.356 e. The zero-order valence-electron chi connectivity index (χ0n) is 11.6. The third-order valence-corrected chi connectivity index (χ3v) is 3.33. The normalized spacial score (nSPS) is 10.1. The van der Waals surface area contributed by atoms with Crippen LogP contribution in [-0.2, 0) is 0 Å². The Morgan fingerprint density at radius 1 is 0.524 bits per heavy atom. The Balaban J connectivity index is 1.77. The van der Waals surface area contributed by atoms with Crippen molar-refractivity contribution in [1.29, 1.82) is 0 Å². The van der Waals surface area contributed by atoms with E-state index in [0.717, 1.165) is 17.1 Å². The summed E-state index contributed by atoms with van der Waals surface area (Å²) in [7, 11) is 0. The lowest BCUT2D eigenvalue weighted by Crippen LogP contribution is -2.05. The topological polar surface area (TPSA) is 50.1 Å². The third kappa shape index (κ3) is 3.22. The van der Waals surface area contributed by atoms with Crippen LogP contribution in [0.15, 0.2) is 78.9 Å². The molecule has 104 valence electrons. The fourth-order valence-corrected chi connectivity index (χ4v) is 2.19. The van der Waals surface area contributed by atoms with Crippen molar-refractivity contribution in [1.82, 2.24) is 0 Å². The van der Waals surface area contributed by atoms with Gasteiger partial charge in [-0.05, 0) is 47.5 Å². The molecule has 0 bridgehead atoms. The number of nitrogens with two attached hydrogens (primary N) is 1. The molecule has 3 heteroatoms. The fourth-order valence-electron chi connectivity index (χ4n) is 2.19. The summed E-state index contributed by atoms with van der Waals surface area (Å²) in [6.45, 7) is 0. The molecule has 0 fully saturated rings. The molecule has 21 heavy (non-hydrogen) atoms. The molecular formula is C18H17N3. The van der Waals surface area contributed by atoms with Crippen LogP contribution in [-0.4, -0.2) is 0 Å². The minimum absolute atomic E-state index is 0.904. The van der Waals surface area contributed by atoms with Gasteiger partial charge in [0.05, 0.1) is 0 Å². The molecule has 3 nitrogen and oxygen atoms in total. The van der Waals surface area contributed by atoms with E-state index in [9.17, 15) is 0 Å². The van der Waals surface area contributed by atoms with E-state index in [1.807, 2.05) is 42.5 Å². The number of rotatable bonds is 4. The summed E-state index contributed by atoms with van der Waals surface area (Å²) in [6, 6.07) is 26.5. The first kappa shape index (κ1) is 13.2. The van der Waals surface area contributed by atoms with Gasteiger partial charge in [0.2, 0.25) is 0 Å². The molecule has 0 heterocycles. The van der Waals surface area contributed by atoms with Crippen molar-refractivity contribution in [3.63, 3.8) is 0 Å². The second-order valence-electron chi connectivity index (χ2n) is 4.79. The van der Waals surface area contributed by atoms with E-state index >= 15 is 0 Å². The minimum Gasteiger partial charge on any atom is -0.356 e. The van der Waals surface area contributed by atoms with Crippen molar-refractivity contribution in [2.24, 2.45) is 5.84 Å². The van der Waals surface area contributed by atoms with Crippen LogP contribution >= 0.6 is 0 Å². The number of anilines is 3. The van der Waals surface area contributed by atoms with Gasteiger partial charge in [-0.3, -0.25) is 5.84 Å². The predicted octanol–water partition coefficient (Wildman–Crippen LogP) is 4.38. The summed E-state index contributed by atoms with van der Waals surface area (Å²) in [6.07, 6.45) is 0. The van der Waals surface area contributed by atoms with Crippen molar-refractivity contribution < 1.29 is 0 Å². The quantitative estimate of drug-likeness (QED) is 0.489. The molecule has 0 amide bonds. The van der Waals surface area contributed by atoms with Crippen molar-refractivity contribution in [3.05, 3.63) is 78.9 Å². The second-order valence-corrected chi connectivity index (χ2v) is 4.79. The van der Waals surface area contributed by atoms with Crippen LogP contribution in [0.4, 0.5) is 17.1 Å². The molecule has 0 aliphatic carbocycles. The highest BCUT2D eigenvalue weighted by atomic mass is 15.2. The molecule has 0 saturated carbocycles. The number of para-hydroxylation sites is 1. The summed E-state index contributed by atoms with van der Waals surface area (Å²) < 4.78 is 0. The van der Waals surface area contributed by atoms with Gasteiger partial charge in [0.25, 0.3) is 0 Å². The van der Waals surface area contributed by atoms with E-state index in [0.29, 0.717) is 0 Å². The average Bonchev–Trinajstić information content (AvgIpc) is 2.57. The minimum atomic E-state index is 0.904. The molecule has 4 N–H and O–H groups in total. The van der Waals surface area contributed by atoms with Gasteiger partial charge in [-0.25, -0.2) is 0 Å². The summed E-state index contributed by atoms with van der Waals surface area (Å²) in [5.41, 5.74) is 8.04. The maximum Gasteiger partial charge on any atom is 0.0485 e. The van der Waals surface area contributed by atoms with E-state index in [2.05, 4.69) is 47.1 Å². The van der Waals surface area contributed by atoms with Gasteiger partial charge in [-0.1, -0.05) is 42.5 Å². The van der Waals surface area contributed by atoms with Gasteiger partial charge >= 0.3 is 0 Å². The van der Waals surface area contributed by atoms with Crippen LogP contribution in [0.2, 0.25) is 0 Å². The second kappa shape index (κ2) is 6.11. The third-order valence-electron chi connectivity index (χ3n) is 3.33. The van der Waals surface area contributed by atoms with E-state index in [1.165, 1.54) is 11.1 Å². The first-order valence-corrected chi connectivity index (χ1v) is 6.84. The number of nitrogens with one attached hydrogen (secondary N) is 2. The standard InChI is InChI=1S/C18H17N3/c19-21-18-12-8-15(9-13-18)14-6-10-17(11-7-14)20-16-4-2-1-3-5-16/h1-13,20-21H,19H2. The fraction of sp³-hybridized carbons (Fsp3) is 0. The molecule has 0 aromatic heterocycles. The van der Waals surface area contributed by atoms with Crippen molar-refractivity contribution >= 4 is 17.1 Å². The number of nitrogen functional groups attached to an aromatic ring is 1. The Morgan fingerprint density at radius 3 is 1.52 bits per heavy atom. The lowest BCUT2D eigenvalue weighted by atomic mass is 10.1. The highest BCUT2D eigenvalue weighted by Crippen LogP contribution is 2.24. The SMILES string of the molecule is NNc1ccc(-c2ccc(Nc3ccccc3)cc2)cc1. The Labute approximate surface area is 124 Å². The summed E-state index contributed by atoms with van der Waals surface area (Å²) in [4.78, 5) is 0. The molecule has 3 aromatic rings. The monoisotopic (exact) mass is 275 g/mol. The molecule has 0 aliphatic rings. The molecule has 0 aliphatic heterocycles. The Hall–Kier alpha value is -2.78. The van der Waals surface area contributed by atoms with Gasteiger partial charge in [-0.2, -0.15) is 0 Å². The zero-order chi connectivity index (χ0) is 14.5. The Morgan fingerprint density at radius 2 is 1.00 bits per heavy atom. The van der Waals surface area contributed by atoms with Gasteiger partial charge in [0, 0.05) is 17.1 Å². The molecule has 0 saturated heterocycles. The number of hydrogen-bond donors (Lipinski definition) is 3. The molecule has 0 unspecified atom stereocenters. The predicted molar refractivity (Wildman–Crippen MR) is 89.4 cm³/mol. The van der Waals surface area contributed by atoms with Crippen LogP contribution in [0.1, 0.15) is 0 Å². The van der Waals surface area contributed by atoms with Crippen LogP contribution in [0.3, 0.4) is 0 Å². The van der Waals surface area contributed by atoms with Crippen molar-refractivity contribution in [2.75, 3.05) is 10.7 Å². The first-order valence-electron chi connectivity index (χ1n) is 6.84. The number of hydrogen-bond acceptors (Lipinski definition) is 3. The highest BCUT2D eigenvalue weighted by molar-refractivity contribution is 5.69. The molecule has 0 radical (unpaired) electrons. The molecule has 3 aromatic carbocycles. The van der Waals surface area contributed by atoms with E-state index in [4.69, 9.17) is 5.84 Å². The van der Waals surface area contributed by atoms with Crippen molar-refractivity contribution in [3.8, 4) is 11.1 Å².